The highest BCUT2D eigenvalue weighted by Crippen LogP contribution is 2.38. The number of benzene rings is 2. The maximum atomic E-state index is 13.8. The molecule has 0 unspecified atom stereocenters. The van der Waals surface area contributed by atoms with Gasteiger partial charge in [0.05, 0.1) is 23.9 Å². The fourth-order valence-corrected chi connectivity index (χ4v) is 5.13. The van der Waals surface area contributed by atoms with Gasteiger partial charge in [0.1, 0.15) is 21.7 Å². The lowest BCUT2D eigenvalue weighted by Gasteiger charge is -2.13. The summed E-state index contributed by atoms with van der Waals surface area (Å²) >= 11 is 7.03. The summed E-state index contributed by atoms with van der Waals surface area (Å²) in [6.45, 7) is 1.74. The van der Waals surface area contributed by atoms with Crippen LogP contribution >= 0.6 is 23.4 Å². The molecule has 2 aromatic carbocycles. The van der Waals surface area contributed by atoms with Crippen LogP contribution < -0.4 is 15.9 Å². The zero-order valence-corrected chi connectivity index (χ0v) is 19.9. The first-order valence-electron chi connectivity index (χ1n) is 10.2. The van der Waals surface area contributed by atoms with Crippen molar-refractivity contribution in [3.05, 3.63) is 80.0 Å². The van der Waals surface area contributed by atoms with E-state index in [-0.39, 0.29) is 15.9 Å². The molecular formula is C24H18ClN3O5S. The highest BCUT2D eigenvalue weighted by molar-refractivity contribution is 7.99. The van der Waals surface area contributed by atoms with Crippen molar-refractivity contribution >= 4 is 45.4 Å². The van der Waals surface area contributed by atoms with Crippen molar-refractivity contribution in [2.24, 2.45) is 7.05 Å². The second kappa shape index (κ2) is 8.27. The van der Waals surface area contributed by atoms with Gasteiger partial charge in [-0.05, 0) is 37.3 Å². The second-order valence-electron chi connectivity index (χ2n) is 7.58. The summed E-state index contributed by atoms with van der Waals surface area (Å²) in [5, 5.41) is 16.4. The van der Waals surface area contributed by atoms with Gasteiger partial charge in [-0.15, -0.1) is 0 Å². The van der Waals surface area contributed by atoms with Crippen molar-refractivity contribution in [2.75, 3.05) is 7.11 Å². The first-order valence-corrected chi connectivity index (χ1v) is 11.4. The van der Waals surface area contributed by atoms with Crippen molar-refractivity contribution in [3.8, 4) is 17.2 Å². The van der Waals surface area contributed by atoms with Crippen molar-refractivity contribution in [3.63, 3.8) is 0 Å². The minimum Gasteiger partial charge on any atom is -0.505 e. The zero-order valence-electron chi connectivity index (χ0n) is 18.3. The average molecular weight is 496 g/mol. The van der Waals surface area contributed by atoms with E-state index in [4.69, 9.17) is 20.8 Å². The molecule has 0 radical (unpaired) electrons. The highest BCUT2D eigenvalue weighted by atomic mass is 35.5. The molecule has 0 spiro atoms. The number of methoxy groups -OCH3 is 1. The first-order chi connectivity index (χ1) is 16.3. The van der Waals surface area contributed by atoms with E-state index in [0.717, 1.165) is 11.8 Å². The number of fused-ring (bicyclic) bond motifs is 3. The van der Waals surface area contributed by atoms with E-state index in [1.807, 2.05) is 0 Å². The molecule has 172 valence electrons. The van der Waals surface area contributed by atoms with Gasteiger partial charge in [-0.3, -0.25) is 14.0 Å². The third kappa shape index (κ3) is 3.44. The fraction of sp³-hybridized carbons (Fsp3) is 0.125. The molecule has 1 N–H and O–H groups in total. The summed E-state index contributed by atoms with van der Waals surface area (Å²) in [7, 11) is 3.23. The van der Waals surface area contributed by atoms with Gasteiger partial charge in [0.25, 0.3) is 5.56 Å². The van der Waals surface area contributed by atoms with Crippen LogP contribution in [-0.2, 0) is 7.05 Å². The average Bonchev–Trinajstić information content (AvgIpc) is 3.10. The minimum absolute atomic E-state index is 0.0114. The quantitative estimate of drug-likeness (QED) is 0.387. The summed E-state index contributed by atoms with van der Waals surface area (Å²) in [5.41, 5.74) is 0.126. The first kappa shape index (κ1) is 22.1. The number of aryl methyl sites for hydroxylation is 2. The van der Waals surface area contributed by atoms with Crippen LogP contribution in [0.25, 0.3) is 27.7 Å². The van der Waals surface area contributed by atoms with Gasteiger partial charge >= 0.3 is 5.63 Å². The minimum atomic E-state index is -0.766. The van der Waals surface area contributed by atoms with Crippen LogP contribution in [0.2, 0.25) is 5.02 Å². The van der Waals surface area contributed by atoms with Crippen LogP contribution in [0.5, 0.6) is 11.5 Å². The maximum absolute atomic E-state index is 13.8. The lowest BCUT2D eigenvalue weighted by atomic mass is 10.1. The number of pyridine rings is 1. The molecule has 0 saturated heterocycles. The van der Waals surface area contributed by atoms with Crippen LogP contribution in [0.3, 0.4) is 0 Å². The standard InChI is InChI=1S/C24H18ClN3O5S/c1-12-17-20-18(19(29)21(24(31)33-20)34-16-9-4-6-13(25)10-16)23(30)28(22(17)27(2)26-12)14-7-5-8-15(11-14)32-3/h4-11,29H,1-3H3. The lowest BCUT2D eigenvalue weighted by Crippen LogP contribution is -2.22. The van der Waals surface area contributed by atoms with E-state index in [1.165, 1.54) is 16.4 Å². The Labute approximate surface area is 202 Å². The Morgan fingerprint density at radius 1 is 1.12 bits per heavy atom. The number of halogens is 1. The third-order valence-corrected chi connectivity index (χ3v) is 6.72. The fourth-order valence-electron chi connectivity index (χ4n) is 3.99. The van der Waals surface area contributed by atoms with Crippen LogP contribution in [0.1, 0.15) is 5.69 Å². The predicted octanol–water partition coefficient (Wildman–Crippen LogP) is 4.66. The van der Waals surface area contributed by atoms with E-state index >= 15 is 0 Å². The molecule has 0 amide bonds. The smallest absolute Gasteiger partial charge is 0.354 e. The summed E-state index contributed by atoms with van der Waals surface area (Å²) < 4.78 is 13.9. The Morgan fingerprint density at radius 2 is 1.88 bits per heavy atom. The molecule has 0 bridgehead atoms. The topological polar surface area (TPSA) is 99.5 Å². The molecule has 0 fully saturated rings. The number of aromatic hydroxyl groups is 1. The number of hydrogen-bond acceptors (Lipinski definition) is 7. The Kier molecular flexibility index (Phi) is 5.38. The zero-order chi connectivity index (χ0) is 24.1. The molecule has 0 aliphatic carbocycles. The summed E-state index contributed by atoms with van der Waals surface area (Å²) in [4.78, 5) is 27.3. The number of ether oxygens (including phenoxy) is 1. The summed E-state index contributed by atoms with van der Waals surface area (Å²) in [5.74, 6) is 0.0978. The van der Waals surface area contributed by atoms with Gasteiger partial charge in [0, 0.05) is 23.0 Å². The monoisotopic (exact) mass is 495 g/mol. The molecule has 0 aliphatic heterocycles. The van der Waals surface area contributed by atoms with Crippen molar-refractivity contribution in [1.29, 1.82) is 0 Å². The number of rotatable bonds is 4. The molecule has 0 atom stereocenters. The molecule has 0 aliphatic rings. The van der Waals surface area contributed by atoms with E-state index in [0.29, 0.717) is 38.1 Å². The van der Waals surface area contributed by atoms with Gasteiger partial charge in [-0.25, -0.2) is 4.79 Å². The SMILES string of the molecule is COc1cccc(-n2c(=O)c3c(O)c(Sc4cccc(Cl)c4)c(=O)oc3c3c(C)nn(C)c32)c1. The Morgan fingerprint density at radius 3 is 2.62 bits per heavy atom. The Hall–Kier alpha value is -3.69. The molecule has 5 aromatic rings. The largest absolute Gasteiger partial charge is 0.505 e. The van der Waals surface area contributed by atoms with Gasteiger partial charge < -0.3 is 14.3 Å². The second-order valence-corrected chi connectivity index (χ2v) is 9.10. The summed E-state index contributed by atoms with van der Waals surface area (Å²) in [6, 6.07) is 13.8. The third-order valence-electron chi connectivity index (χ3n) is 5.43. The lowest BCUT2D eigenvalue weighted by molar-refractivity contribution is 0.414. The molecule has 3 heterocycles. The molecule has 8 nitrogen and oxygen atoms in total. The molecule has 10 heteroatoms. The summed E-state index contributed by atoms with van der Waals surface area (Å²) in [6.07, 6.45) is 0. The van der Waals surface area contributed by atoms with Crippen LogP contribution in [0.15, 0.2) is 72.3 Å². The van der Waals surface area contributed by atoms with E-state index in [9.17, 15) is 14.7 Å². The van der Waals surface area contributed by atoms with E-state index in [1.54, 1.807) is 62.5 Å². The molecule has 5 rings (SSSR count). The molecule has 34 heavy (non-hydrogen) atoms. The molecule has 0 saturated carbocycles. The number of nitrogens with zero attached hydrogens (tertiary/aromatic N) is 3. The van der Waals surface area contributed by atoms with Gasteiger partial charge in [0.15, 0.2) is 11.3 Å². The Balaban J connectivity index is 1.90. The van der Waals surface area contributed by atoms with Crippen LogP contribution in [0, 0.1) is 6.92 Å². The normalized spacial score (nSPS) is 11.4. The highest BCUT2D eigenvalue weighted by Gasteiger charge is 2.26. The van der Waals surface area contributed by atoms with Crippen molar-refractivity contribution in [1.82, 2.24) is 14.3 Å². The molecule has 3 aromatic heterocycles. The molecular weight excluding hydrogens is 478 g/mol. The van der Waals surface area contributed by atoms with Crippen LogP contribution in [-0.4, -0.2) is 26.6 Å². The number of hydrogen-bond donors (Lipinski definition) is 1. The predicted molar refractivity (Wildman–Crippen MR) is 131 cm³/mol. The van der Waals surface area contributed by atoms with Gasteiger partial charge in [-0.2, -0.15) is 5.10 Å². The van der Waals surface area contributed by atoms with Gasteiger partial charge in [-0.1, -0.05) is 35.5 Å². The van der Waals surface area contributed by atoms with Crippen LogP contribution in [0.4, 0.5) is 0 Å². The van der Waals surface area contributed by atoms with Crippen molar-refractivity contribution in [2.45, 2.75) is 16.7 Å². The van der Waals surface area contributed by atoms with Crippen molar-refractivity contribution < 1.29 is 14.3 Å². The van der Waals surface area contributed by atoms with Gasteiger partial charge in [0.2, 0.25) is 0 Å². The Bertz CT molecular complexity index is 1720. The van der Waals surface area contributed by atoms with E-state index in [2.05, 4.69) is 5.10 Å². The van der Waals surface area contributed by atoms with E-state index < -0.39 is 16.9 Å². The number of aromatic nitrogens is 3. The maximum Gasteiger partial charge on any atom is 0.354 e.